The molecule has 1 aromatic heterocycles. The van der Waals surface area contributed by atoms with Gasteiger partial charge < -0.3 is 9.47 Å². The molecule has 2 heterocycles. The highest BCUT2D eigenvalue weighted by atomic mass is 32.1. The van der Waals surface area contributed by atoms with E-state index in [-0.39, 0.29) is 12.0 Å². The molecule has 0 unspecified atom stereocenters. The molecule has 1 fully saturated rings. The summed E-state index contributed by atoms with van der Waals surface area (Å²) < 4.78 is 12.2. The first kappa shape index (κ1) is 19.9. The van der Waals surface area contributed by atoms with Crippen LogP contribution in [0.2, 0.25) is 0 Å². The van der Waals surface area contributed by atoms with Crippen molar-refractivity contribution in [3.63, 3.8) is 0 Å². The SMILES string of the molecule is COc1ccc(CC(=O)N(C[C@H]2CCCO2)c2nc3cc(C)cc(C)c3s2)cc1. The van der Waals surface area contributed by atoms with E-state index >= 15 is 0 Å². The monoisotopic (exact) mass is 410 g/mol. The summed E-state index contributed by atoms with van der Waals surface area (Å²) in [6.07, 6.45) is 2.42. The van der Waals surface area contributed by atoms with Gasteiger partial charge in [0.15, 0.2) is 5.13 Å². The summed E-state index contributed by atoms with van der Waals surface area (Å²) in [4.78, 5) is 19.9. The van der Waals surface area contributed by atoms with E-state index in [0.29, 0.717) is 13.0 Å². The van der Waals surface area contributed by atoms with E-state index in [1.807, 2.05) is 29.2 Å². The van der Waals surface area contributed by atoms with Gasteiger partial charge in [-0.2, -0.15) is 0 Å². The number of thiazole rings is 1. The number of anilines is 1. The number of amides is 1. The van der Waals surface area contributed by atoms with Crippen LogP contribution >= 0.6 is 11.3 Å². The third kappa shape index (κ3) is 4.43. The van der Waals surface area contributed by atoms with Crippen LogP contribution in [0.4, 0.5) is 5.13 Å². The molecule has 4 rings (SSSR count). The van der Waals surface area contributed by atoms with Crippen LogP contribution in [-0.2, 0) is 16.0 Å². The first-order valence-electron chi connectivity index (χ1n) is 9.96. The molecule has 0 aliphatic carbocycles. The molecule has 0 N–H and O–H groups in total. The highest BCUT2D eigenvalue weighted by Crippen LogP contribution is 2.33. The number of rotatable bonds is 6. The number of carbonyl (C=O) groups is 1. The normalized spacial score (nSPS) is 16.3. The molecular weight excluding hydrogens is 384 g/mol. The molecule has 1 aliphatic rings. The molecule has 1 atom stereocenters. The Morgan fingerprint density at radius 3 is 2.76 bits per heavy atom. The second-order valence-electron chi connectivity index (χ2n) is 7.59. The van der Waals surface area contributed by atoms with Gasteiger partial charge in [0.2, 0.25) is 5.91 Å². The van der Waals surface area contributed by atoms with Gasteiger partial charge in [-0.1, -0.05) is 29.5 Å². The number of aryl methyl sites for hydroxylation is 2. The highest BCUT2D eigenvalue weighted by molar-refractivity contribution is 7.22. The van der Waals surface area contributed by atoms with Gasteiger partial charge in [0.1, 0.15) is 5.75 Å². The first-order chi connectivity index (χ1) is 14.0. The molecule has 0 saturated carbocycles. The summed E-state index contributed by atoms with van der Waals surface area (Å²) >= 11 is 1.59. The number of carbonyl (C=O) groups excluding carboxylic acids is 1. The van der Waals surface area contributed by atoms with Gasteiger partial charge in [0.25, 0.3) is 0 Å². The van der Waals surface area contributed by atoms with Crippen LogP contribution in [0.1, 0.15) is 29.5 Å². The Bertz CT molecular complexity index is 1010. The fourth-order valence-electron chi connectivity index (χ4n) is 3.77. The third-order valence-corrected chi connectivity index (χ3v) is 6.49. The van der Waals surface area contributed by atoms with Gasteiger partial charge in [0.05, 0.1) is 36.4 Å². The topological polar surface area (TPSA) is 51.7 Å². The van der Waals surface area contributed by atoms with Gasteiger partial charge in [-0.3, -0.25) is 9.69 Å². The zero-order valence-corrected chi connectivity index (χ0v) is 17.9. The fourth-order valence-corrected chi connectivity index (χ4v) is 4.81. The van der Waals surface area contributed by atoms with E-state index in [9.17, 15) is 4.79 Å². The van der Waals surface area contributed by atoms with Crippen molar-refractivity contribution in [3.05, 3.63) is 53.1 Å². The molecule has 1 saturated heterocycles. The molecule has 3 aromatic rings. The molecule has 2 aromatic carbocycles. The quantitative estimate of drug-likeness (QED) is 0.592. The Morgan fingerprint density at radius 2 is 2.07 bits per heavy atom. The smallest absolute Gasteiger partial charge is 0.233 e. The maximum atomic E-state index is 13.3. The second kappa shape index (κ2) is 8.51. The van der Waals surface area contributed by atoms with Crippen molar-refractivity contribution in [1.82, 2.24) is 4.98 Å². The molecule has 0 bridgehead atoms. The number of ether oxygens (including phenoxy) is 2. The van der Waals surface area contributed by atoms with Crippen molar-refractivity contribution in [2.45, 2.75) is 39.2 Å². The van der Waals surface area contributed by atoms with E-state index in [0.717, 1.165) is 46.1 Å². The van der Waals surface area contributed by atoms with Gasteiger partial charge in [-0.05, 0) is 61.6 Å². The van der Waals surface area contributed by atoms with Crippen molar-refractivity contribution < 1.29 is 14.3 Å². The van der Waals surface area contributed by atoms with Gasteiger partial charge in [-0.25, -0.2) is 4.98 Å². The van der Waals surface area contributed by atoms with E-state index < -0.39 is 0 Å². The molecule has 1 aliphatic heterocycles. The van der Waals surface area contributed by atoms with Crippen molar-refractivity contribution in [3.8, 4) is 5.75 Å². The number of fused-ring (bicyclic) bond motifs is 1. The molecule has 1 amide bonds. The van der Waals surface area contributed by atoms with E-state index in [1.165, 1.54) is 11.1 Å². The van der Waals surface area contributed by atoms with E-state index in [4.69, 9.17) is 14.5 Å². The maximum Gasteiger partial charge on any atom is 0.233 e. The predicted molar refractivity (Wildman–Crippen MR) is 117 cm³/mol. The largest absolute Gasteiger partial charge is 0.497 e. The molecule has 29 heavy (non-hydrogen) atoms. The van der Waals surface area contributed by atoms with Crippen LogP contribution in [0.15, 0.2) is 36.4 Å². The van der Waals surface area contributed by atoms with Crippen LogP contribution in [0, 0.1) is 13.8 Å². The average molecular weight is 411 g/mol. The Kier molecular flexibility index (Phi) is 5.83. The number of nitrogens with zero attached hydrogens (tertiary/aromatic N) is 2. The Balaban J connectivity index is 1.63. The number of methoxy groups -OCH3 is 1. The van der Waals surface area contributed by atoms with Gasteiger partial charge in [0, 0.05) is 6.61 Å². The van der Waals surface area contributed by atoms with Crippen LogP contribution in [0.5, 0.6) is 5.75 Å². The second-order valence-corrected chi connectivity index (χ2v) is 8.57. The predicted octanol–water partition coefficient (Wildman–Crippen LogP) is 4.68. The number of hydrogen-bond acceptors (Lipinski definition) is 5. The van der Waals surface area contributed by atoms with Crippen molar-refractivity contribution in [2.24, 2.45) is 0 Å². The highest BCUT2D eigenvalue weighted by Gasteiger charge is 2.26. The van der Waals surface area contributed by atoms with Crippen LogP contribution < -0.4 is 9.64 Å². The molecule has 5 nitrogen and oxygen atoms in total. The summed E-state index contributed by atoms with van der Waals surface area (Å²) in [5, 5.41) is 0.753. The zero-order chi connectivity index (χ0) is 20.4. The summed E-state index contributed by atoms with van der Waals surface area (Å²) in [7, 11) is 1.64. The van der Waals surface area contributed by atoms with Gasteiger partial charge in [-0.15, -0.1) is 0 Å². The summed E-state index contributed by atoms with van der Waals surface area (Å²) in [6.45, 7) is 5.49. The van der Waals surface area contributed by atoms with Crippen LogP contribution in [-0.4, -0.2) is 37.3 Å². The van der Waals surface area contributed by atoms with Crippen molar-refractivity contribution in [1.29, 1.82) is 0 Å². The zero-order valence-electron chi connectivity index (χ0n) is 17.1. The van der Waals surface area contributed by atoms with Crippen molar-refractivity contribution in [2.75, 3.05) is 25.2 Å². The molecule has 0 radical (unpaired) electrons. The molecular formula is C23H26N2O3S. The Morgan fingerprint density at radius 1 is 1.28 bits per heavy atom. The number of hydrogen-bond donors (Lipinski definition) is 0. The summed E-state index contributed by atoms with van der Waals surface area (Å²) in [5.41, 5.74) is 4.30. The van der Waals surface area contributed by atoms with Crippen molar-refractivity contribution >= 4 is 32.6 Å². The summed E-state index contributed by atoms with van der Waals surface area (Å²) in [5.74, 6) is 0.827. The van der Waals surface area contributed by atoms with Gasteiger partial charge >= 0.3 is 0 Å². The van der Waals surface area contributed by atoms with Crippen LogP contribution in [0.3, 0.4) is 0 Å². The number of benzene rings is 2. The minimum absolute atomic E-state index is 0.0408. The van der Waals surface area contributed by atoms with E-state index in [1.54, 1.807) is 18.4 Å². The third-order valence-electron chi connectivity index (χ3n) is 5.27. The lowest BCUT2D eigenvalue weighted by molar-refractivity contribution is -0.118. The molecule has 6 heteroatoms. The Hall–Kier alpha value is -2.44. The summed E-state index contributed by atoms with van der Waals surface area (Å²) in [6, 6.07) is 11.9. The Labute approximate surface area is 175 Å². The standard InChI is InChI=1S/C23H26N2O3S/c1-15-11-16(2)22-20(12-15)24-23(29-22)25(14-19-5-4-10-28-19)21(26)13-17-6-8-18(27-3)9-7-17/h6-9,11-12,19H,4-5,10,13-14H2,1-3H3/t19-/m1/s1. The maximum absolute atomic E-state index is 13.3. The van der Waals surface area contributed by atoms with Crippen LogP contribution in [0.25, 0.3) is 10.2 Å². The number of aromatic nitrogens is 1. The lowest BCUT2D eigenvalue weighted by atomic mass is 10.1. The van der Waals surface area contributed by atoms with E-state index in [2.05, 4.69) is 26.0 Å². The average Bonchev–Trinajstić information content (AvgIpc) is 3.36. The fraction of sp³-hybridized carbons (Fsp3) is 0.391. The molecule has 0 spiro atoms. The first-order valence-corrected chi connectivity index (χ1v) is 10.8. The lowest BCUT2D eigenvalue weighted by Gasteiger charge is -2.23. The minimum atomic E-state index is 0.0408. The molecule has 152 valence electrons. The lowest BCUT2D eigenvalue weighted by Crippen LogP contribution is -2.38. The minimum Gasteiger partial charge on any atom is -0.497 e.